The molecule has 232 valence electrons. The van der Waals surface area contributed by atoms with Crippen LogP contribution in [-0.4, -0.2) is 70.7 Å². The van der Waals surface area contributed by atoms with Gasteiger partial charge in [0.05, 0.1) is 37.2 Å². The number of likely N-dealkylation sites (tertiary alicyclic amines) is 1. The standard InChI is InChI=1S/C32H29F2N5O5S/c1-18(25-8-9-26(45-25)28-35-10-11-36-28)38-30(42)24-15-31(43-12-13-44-31)17-39(24)27(40)16-37-29(41)19-6-7-23-21(14-19)20-4-2-3-5-22(20)32(23,33)34/h2-11,14,18,24H,12-13,15-17H2,1H3,(H,35,36)(H,37,41)(H,38,42)/t18?,24-/m0/s1. The molecular formula is C32H29F2N5O5S. The molecule has 2 aliphatic heterocycles. The van der Waals surface area contributed by atoms with Crippen LogP contribution in [-0.2, 0) is 25.0 Å². The molecule has 45 heavy (non-hydrogen) atoms. The number of thiophene rings is 1. The lowest BCUT2D eigenvalue weighted by atomic mass is 10.0. The first kappa shape index (κ1) is 29.3. The van der Waals surface area contributed by atoms with Crippen LogP contribution in [0, 0.1) is 0 Å². The number of carbonyl (C=O) groups excluding carboxylic acids is 3. The fraction of sp³-hybridized carbons (Fsp3) is 0.312. The summed E-state index contributed by atoms with van der Waals surface area (Å²) in [6.07, 6.45) is 3.55. The van der Waals surface area contributed by atoms with E-state index < -0.39 is 36.1 Å². The van der Waals surface area contributed by atoms with E-state index in [0.29, 0.717) is 18.8 Å². The van der Waals surface area contributed by atoms with Crippen LogP contribution in [0.5, 0.6) is 0 Å². The number of ether oxygens (including phenoxy) is 2. The molecule has 2 aromatic carbocycles. The summed E-state index contributed by atoms with van der Waals surface area (Å²) in [6, 6.07) is 12.8. The molecule has 2 saturated heterocycles. The van der Waals surface area contributed by atoms with E-state index in [2.05, 4.69) is 20.6 Å². The molecular weight excluding hydrogens is 604 g/mol. The van der Waals surface area contributed by atoms with E-state index in [1.165, 1.54) is 40.5 Å². The number of aromatic amines is 1. The van der Waals surface area contributed by atoms with Crippen LogP contribution >= 0.6 is 11.3 Å². The van der Waals surface area contributed by atoms with Crippen LogP contribution in [0.3, 0.4) is 0 Å². The molecule has 2 atom stereocenters. The zero-order valence-electron chi connectivity index (χ0n) is 24.1. The van der Waals surface area contributed by atoms with Gasteiger partial charge in [-0.05, 0) is 42.3 Å². The molecule has 4 heterocycles. The number of hydrogen-bond acceptors (Lipinski definition) is 7. The van der Waals surface area contributed by atoms with E-state index in [9.17, 15) is 23.2 Å². The van der Waals surface area contributed by atoms with Gasteiger partial charge >= 0.3 is 0 Å². The molecule has 0 radical (unpaired) electrons. The number of fused-ring (bicyclic) bond motifs is 3. The molecule has 3 aliphatic rings. The SMILES string of the molecule is CC(NC(=O)[C@@H]1CC2(CN1C(=O)CNC(=O)c1ccc3c(c1)-c1ccccc1C3(F)F)OCCO2)c1ccc(-c2ncc[nH]2)s1. The van der Waals surface area contributed by atoms with Gasteiger partial charge in [0.25, 0.3) is 11.8 Å². The van der Waals surface area contributed by atoms with Gasteiger partial charge in [-0.3, -0.25) is 14.4 Å². The first-order valence-corrected chi connectivity index (χ1v) is 15.3. The van der Waals surface area contributed by atoms with Crippen molar-refractivity contribution in [1.82, 2.24) is 25.5 Å². The fourth-order valence-electron chi connectivity index (χ4n) is 6.21. The summed E-state index contributed by atoms with van der Waals surface area (Å²) in [6.45, 7) is 2.17. The van der Waals surface area contributed by atoms with Gasteiger partial charge in [0.1, 0.15) is 11.9 Å². The molecule has 0 bridgehead atoms. The van der Waals surface area contributed by atoms with Crippen LogP contribution in [0.25, 0.3) is 21.8 Å². The number of imidazole rings is 1. The average Bonchev–Trinajstić information content (AvgIpc) is 3.88. The maximum atomic E-state index is 14.9. The van der Waals surface area contributed by atoms with Gasteiger partial charge in [0, 0.05) is 40.4 Å². The normalized spacial score (nSPS) is 19.7. The molecule has 13 heteroatoms. The molecule has 3 N–H and O–H groups in total. The van der Waals surface area contributed by atoms with E-state index in [1.807, 2.05) is 19.1 Å². The highest BCUT2D eigenvalue weighted by atomic mass is 32.1. The van der Waals surface area contributed by atoms with Crippen LogP contribution in [0.1, 0.15) is 45.7 Å². The zero-order valence-corrected chi connectivity index (χ0v) is 25.0. The number of alkyl halides is 2. The van der Waals surface area contributed by atoms with E-state index in [4.69, 9.17) is 9.47 Å². The summed E-state index contributed by atoms with van der Waals surface area (Å²) in [4.78, 5) is 50.7. The van der Waals surface area contributed by atoms with E-state index in [-0.39, 0.29) is 47.2 Å². The van der Waals surface area contributed by atoms with Gasteiger partial charge in [-0.1, -0.05) is 30.3 Å². The Bertz CT molecular complexity index is 1790. The van der Waals surface area contributed by atoms with Crippen molar-refractivity contribution >= 4 is 29.1 Å². The third-order valence-electron chi connectivity index (χ3n) is 8.45. The molecule has 2 fully saturated rings. The second-order valence-electron chi connectivity index (χ2n) is 11.3. The Morgan fingerprint density at radius 2 is 1.87 bits per heavy atom. The Labute approximate surface area is 260 Å². The molecule has 0 saturated carbocycles. The van der Waals surface area contributed by atoms with E-state index in [0.717, 1.165) is 15.6 Å². The molecule has 7 rings (SSSR count). The largest absolute Gasteiger partial charge is 0.347 e. The lowest BCUT2D eigenvalue weighted by molar-refractivity contribution is -0.152. The van der Waals surface area contributed by atoms with Crippen LogP contribution in [0.4, 0.5) is 8.78 Å². The number of rotatable bonds is 7. The molecule has 1 spiro atoms. The third kappa shape index (κ3) is 5.20. The van der Waals surface area contributed by atoms with Crippen molar-refractivity contribution in [2.75, 3.05) is 26.3 Å². The van der Waals surface area contributed by atoms with Crippen LogP contribution in [0.15, 0.2) is 67.0 Å². The van der Waals surface area contributed by atoms with Crippen molar-refractivity contribution in [1.29, 1.82) is 0 Å². The maximum absolute atomic E-state index is 14.9. The summed E-state index contributed by atoms with van der Waals surface area (Å²) >= 11 is 1.49. The van der Waals surface area contributed by atoms with Gasteiger partial charge in [0.2, 0.25) is 11.8 Å². The van der Waals surface area contributed by atoms with Gasteiger partial charge in [-0.15, -0.1) is 11.3 Å². The van der Waals surface area contributed by atoms with Crippen molar-refractivity contribution in [2.24, 2.45) is 0 Å². The lowest BCUT2D eigenvalue weighted by Gasteiger charge is -2.25. The summed E-state index contributed by atoms with van der Waals surface area (Å²) in [5.41, 5.74) is 0.507. The first-order valence-electron chi connectivity index (χ1n) is 14.5. The smallest absolute Gasteiger partial charge is 0.299 e. The van der Waals surface area contributed by atoms with E-state index in [1.54, 1.807) is 30.6 Å². The molecule has 10 nitrogen and oxygen atoms in total. The van der Waals surface area contributed by atoms with Crippen molar-refractivity contribution < 1.29 is 32.6 Å². The van der Waals surface area contributed by atoms with Crippen LogP contribution in [0.2, 0.25) is 0 Å². The Hall–Kier alpha value is -4.46. The molecule has 2 aromatic heterocycles. The maximum Gasteiger partial charge on any atom is 0.299 e. The zero-order chi connectivity index (χ0) is 31.3. The Morgan fingerprint density at radius 1 is 1.09 bits per heavy atom. The third-order valence-corrected chi connectivity index (χ3v) is 9.72. The number of amides is 3. The second-order valence-corrected chi connectivity index (χ2v) is 12.4. The molecule has 4 aromatic rings. The predicted octanol–water partition coefficient (Wildman–Crippen LogP) is 4.21. The lowest BCUT2D eigenvalue weighted by Crippen LogP contribution is -2.49. The fourth-order valence-corrected chi connectivity index (χ4v) is 7.18. The van der Waals surface area contributed by atoms with Gasteiger partial charge in [-0.2, -0.15) is 8.78 Å². The minimum Gasteiger partial charge on any atom is -0.347 e. The minimum absolute atomic E-state index is 0.0283. The summed E-state index contributed by atoms with van der Waals surface area (Å²) < 4.78 is 41.5. The Morgan fingerprint density at radius 3 is 2.64 bits per heavy atom. The van der Waals surface area contributed by atoms with Gasteiger partial charge in [0.15, 0.2) is 5.79 Å². The van der Waals surface area contributed by atoms with Gasteiger partial charge < -0.3 is 30.0 Å². The Kier molecular flexibility index (Phi) is 7.26. The summed E-state index contributed by atoms with van der Waals surface area (Å²) in [5.74, 6) is -4.99. The van der Waals surface area contributed by atoms with Gasteiger partial charge in [-0.25, -0.2) is 4.98 Å². The number of nitrogens with one attached hydrogen (secondary N) is 3. The number of halogens is 2. The van der Waals surface area contributed by atoms with Crippen molar-refractivity contribution in [3.05, 3.63) is 88.6 Å². The monoisotopic (exact) mass is 633 g/mol. The summed E-state index contributed by atoms with van der Waals surface area (Å²) in [5, 5.41) is 5.60. The highest BCUT2D eigenvalue weighted by Gasteiger charge is 2.52. The number of H-pyrrole nitrogens is 1. The molecule has 1 unspecified atom stereocenters. The molecule has 3 amide bonds. The quantitative estimate of drug-likeness (QED) is 0.280. The number of carbonyl (C=O) groups is 3. The van der Waals surface area contributed by atoms with Crippen LogP contribution < -0.4 is 10.6 Å². The highest BCUT2D eigenvalue weighted by molar-refractivity contribution is 7.15. The van der Waals surface area contributed by atoms with E-state index >= 15 is 0 Å². The predicted molar refractivity (Wildman–Crippen MR) is 160 cm³/mol. The summed E-state index contributed by atoms with van der Waals surface area (Å²) in [7, 11) is 0. The van der Waals surface area contributed by atoms with Crippen molar-refractivity contribution in [3.63, 3.8) is 0 Å². The second kappa shape index (κ2) is 11.2. The average molecular weight is 634 g/mol. The highest BCUT2D eigenvalue weighted by Crippen LogP contribution is 2.51. The first-order chi connectivity index (χ1) is 21.6. The number of aromatic nitrogens is 2. The minimum atomic E-state index is -3.16. The van der Waals surface area contributed by atoms with Crippen molar-refractivity contribution in [3.8, 4) is 21.8 Å². The van der Waals surface area contributed by atoms with Crippen molar-refractivity contribution in [2.45, 2.75) is 37.1 Å². The number of benzene rings is 2. The topological polar surface area (TPSA) is 126 Å². The number of nitrogens with zero attached hydrogens (tertiary/aromatic N) is 2. The molecule has 1 aliphatic carbocycles. The number of hydrogen-bond donors (Lipinski definition) is 3. The Balaban J connectivity index is 1.04.